The fraction of sp³-hybridized carbons (Fsp3) is 1.00. The minimum Gasteiger partial charge on any atom is -0.284 e. The molecule has 54 valence electrons. The van der Waals surface area contributed by atoms with E-state index in [1.54, 1.807) is 0 Å². The molecule has 1 aliphatic heterocycles. The summed E-state index contributed by atoms with van der Waals surface area (Å²) < 4.78 is 0. The number of hydrogen-bond acceptors (Lipinski definition) is 3. The lowest BCUT2D eigenvalue weighted by molar-refractivity contribution is -0.235. The molecular weight excluding hydrogens is 116 g/mol. The van der Waals surface area contributed by atoms with Crippen LogP contribution in [0.4, 0.5) is 0 Å². The van der Waals surface area contributed by atoms with Crippen molar-refractivity contribution in [2.45, 2.75) is 26.3 Å². The van der Waals surface area contributed by atoms with Crippen molar-refractivity contribution >= 4 is 0 Å². The van der Waals surface area contributed by atoms with Crippen molar-refractivity contribution in [2.24, 2.45) is 0 Å². The lowest BCUT2D eigenvalue weighted by Crippen LogP contribution is -2.47. The van der Waals surface area contributed by atoms with Gasteiger partial charge in [0.05, 0.1) is 6.61 Å². The van der Waals surface area contributed by atoms with Crippen molar-refractivity contribution in [3.8, 4) is 0 Å². The zero-order valence-electron chi connectivity index (χ0n) is 6.05. The number of hydrogen-bond donors (Lipinski definition) is 1. The van der Waals surface area contributed by atoms with Crippen LogP contribution in [0.3, 0.4) is 0 Å². The number of nitrogens with zero attached hydrogens (tertiary/aromatic N) is 1. The molecule has 0 aromatic rings. The van der Waals surface area contributed by atoms with E-state index in [0.29, 0.717) is 6.04 Å². The molecule has 0 atom stereocenters. The second-order valence-electron chi connectivity index (χ2n) is 2.51. The van der Waals surface area contributed by atoms with E-state index in [2.05, 4.69) is 19.3 Å². The molecule has 1 fully saturated rings. The van der Waals surface area contributed by atoms with Crippen LogP contribution in [0.2, 0.25) is 0 Å². The highest BCUT2D eigenvalue weighted by atomic mass is 16.7. The van der Waals surface area contributed by atoms with Gasteiger partial charge in [0.25, 0.3) is 0 Å². The van der Waals surface area contributed by atoms with E-state index < -0.39 is 0 Å². The van der Waals surface area contributed by atoms with Crippen LogP contribution in [0.15, 0.2) is 0 Å². The third-order valence-corrected chi connectivity index (χ3v) is 1.29. The van der Waals surface area contributed by atoms with E-state index in [1.165, 1.54) is 0 Å². The third-order valence-electron chi connectivity index (χ3n) is 1.29. The average Bonchev–Trinajstić information content (AvgIpc) is 1.90. The van der Waals surface area contributed by atoms with Crippen molar-refractivity contribution < 1.29 is 4.84 Å². The van der Waals surface area contributed by atoms with Crippen molar-refractivity contribution in [2.75, 3.05) is 13.2 Å². The van der Waals surface area contributed by atoms with Gasteiger partial charge in [-0.25, -0.2) is 5.43 Å². The third kappa shape index (κ3) is 1.93. The quantitative estimate of drug-likeness (QED) is 0.560. The summed E-state index contributed by atoms with van der Waals surface area (Å²) in [6, 6.07) is 0.435. The van der Waals surface area contributed by atoms with Gasteiger partial charge in [-0.15, -0.1) is 5.17 Å². The Balaban J connectivity index is 2.23. The summed E-state index contributed by atoms with van der Waals surface area (Å²) in [7, 11) is 0. The average molecular weight is 130 g/mol. The van der Waals surface area contributed by atoms with Gasteiger partial charge in [0.1, 0.15) is 0 Å². The molecule has 9 heavy (non-hydrogen) atoms. The van der Waals surface area contributed by atoms with Gasteiger partial charge in [-0.05, 0) is 20.3 Å². The maximum Gasteiger partial charge on any atom is 0.0714 e. The predicted molar refractivity (Wildman–Crippen MR) is 35.5 cm³/mol. The molecule has 0 bridgehead atoms. The zero-order valence-corrected chi connectivity index (χ0v) is 6.05. The Labute approximate surface area is 55.9 Å². The molecule has 0 saturated carbocycles. The van der Waals surface area contributed by atoms with Crippen LogP contribution in [0.25, 0.3) is 0 Å². The Hall–Kier alpha value is -0.120. The highest BCUT2D eigenvalue weighted by Crippen LogP contribution is 1.99. The van der Waals surface area contributed by atoms with Crippen molar-refractivity contribution in [1.82, 2.24) is 10.6 Å². The van der Waals surface area contributed by atoms with Crippen molar-refractivity contribution in [3.63, 3.8) is 0 Å². The summed E-state index contributed by atoms with van der Waals surface area (Å²) in [4.78, 5) is 5.26. The smallest absolute Gasteiger partial charge is 0.0714 e. The normalized spacial score (nSPS) is 23.0. The lowest BCUT2D eigenvalue weighted by Gasteiger charge is -2.29. The van der Waals surface area contributed by atoms with Crippen LogP contribution in [0, 0.1) is 0 Å². The largest absolute Gasteiger partial charge is 0.284 e. The Morgan fingerprint density at radius 1 is 1.56 bits per heavy atom. The summed E-state index contributed by atoms with van der Waals surface area (Å²) in [6.45, 7) is 6.08. The van der Waals surface area contributed by atoms with Crippen LogP contribution >= 0.6 is 0 Å². The molecule has 1 heterocycles. The molecule has 0 aromatic heterocycles. The highest BCUT2D eigenvalue weighted by Gasteiger charge is 2.12. The number of hydroxylamine groups is 1. The number of rotatable bonds is 1. The Kier molecular flexibility index (Phi) is 2.45. The molecular formula is C6H14N2O. The van der Waals surface area contributed by atoms with Gasteiger partial charge >= 0.3 is 0 Å². The molecule has 3 heteroatoms. The van der Waals surface area contributed by atoms with Crippen LogP contribution in [-0.4, -0.2) is 24.4 Å². The Bertz CT molecular complexity index is 79.1. The summed E-state index contributed by atoms with van der Waals surface area (Å²) in [6.07, 6.45) is 1.11. The van der Waals surface area contributed by atoms with Crippen LogP contribution in [0.1, 0.15) is 20.3 Å². The standard InChI is InChI=1S/C6H14N2O/c1-6(2)8-7-4-3-5-9-8/h6-7H,3-5H2,1-2H3. The second kappa shape index (κ2) is 3.15. The maximum absolute atomic E-state index is 5.26. The van der Waals surface area contributed by atoms with Crippen molar-refractivity contribution in [3.05, 3.63) is 0 Å². The molecule has 1 N–H and O–H groups in total. The zero-order chi connectivity index (χ0) is 6.69. The molecule has 0 spiro atoms. The van der Waals surface area contributed by atoms with E-state index in [0.717, 1.165) is 19.6 Å². The van der Waals surface area contributed by atoms with E-state index in [-0.39, 0.29) is 0 Å². The van der Waals surface area contributed by atoms with Gasteiger partial charge in [-0.2, -0.15) is 0 Å². The summed E-state index contributed by atoms with van der Waals surface area (Å²) in [5, 5.41) is 1.81. The van der Waals surface area contributed by atoms with Crippen LogP contribution in [0.5, 0.6) is 0 Å². The first-order chi connectivity index (χ1) is 4.30. The summed E-state index contributed by atoms with van der Waals surface area (Å²) >= 11 is 0. The summed E-state index contributed by atoms with van der Waals surface area (Å²) in [5.74, 6) is 0. The molecule has 0 radical (unpaired) electrons. The van der Waals surface area contributed by atoms with Crippen molar-refractivity contribution in [1.29, 1.82) is 0 Å². The molecule has 1 rings (SSSR count). The van der Waals surface area contributed by atoms with Gasteiger partial charge in [-0.1, -0.05) is 0 Å². The topological polar surface area (TPSA) is 24.5 Å². The van der Waals surface area contributed by atoms with Gasteiger partial charge < -0.3 is 0 Å². The van der Waals surface area contributed by atoms with E-state index in [1.807, 2.05) is 5.17 Å². The highest BCUT2D eigenvalue weighted by molar-refractivity contribution is 4.52. The van der Waals surface area contributed by atoms with Gasteiger partial charge in [-0.3, -0.25) is 4.84 Å². The molecule has 1 aliphatic rings. The Morgan fingerprint density at radius 3 is 2.67 bits per heavy atom. The van der Waals surface area contributed by atoms with E-state index in [4.69, 9.17) is 4.84 Å². The monoisotopic (exact) mass is 130 g/mol. The fourth-order valence-electron chi connectivity index (χ4n) is 0.802. The minimum atomic E-state index is 0.435. The molecule has 1 saturated heterocycles. The fourth-order valence-corrected chi connectivity index (χ4v) is 0.802. The van der Waals surface area contributed by atoms with Gasteiger partial charge in [0, 0.05) is 12.6 Å². The Morgan fingerprint density at radius 2 is 2.33 bits per heavy atom. The molecule has 0 unspecified atom stereocenters. The first-order valence-corrected chi connectivity index (χ1v) is 3.46. The second-order valence-corrected chi connectivity index (χ2v) is 2.51. The first kappa shape index (κ1) is 6.99. The van der Waals surface area contributed by atoms with Crippen LogP contribution in [-0.2, 0) is 4.84 Å². The minimum absolute atomic E-state index is 0.435. The number of hydrazine groups is 1. The molecule has 3 nitrogen and oxygen atoms in total. The molecule has 0 aliphatic carbocycles. The molecule has 0 aromatic carbocycles. The summed E-state index contributed by atoms with van der Waals surface area (Å²) in [5.41, 5.74) is 3.13. The van der Waals surface area contributed by atoms with Gasteiger partial charge in [0.15, 0.2) is 0 Å². The molecule has 0 amide bonds. The predicted octanol–water partition coefficient (Wildman–Crippen LogP) is 0.537. The van der Waals surface area contributed by atoms with E-state index in [9.17, 15) is 0 Å². The van der Waals surface area contributed by atoms with E-state index >= 15 is 0 Å². The van der Waals surface area contributed by atoms with Gasteiger partial charge in [0.2, 0.25) is 0 Å². The maximum atomic E-state index is 5.26. The van der Waals surface area contributed by atoms with Crippen LogP contribution < -0.4 is 5.43 Å². The lowest BCUT2D eigenvalue weighted by atomic mass is 10.4. The number of nitrogens with one attached hydrogen (secondary N) is 1. The first-order valence-electron chi connectivity index (χ1n) is 3.46. The SMILES string of the molecule is CC(C)N1NCCCO1.